The average Bonchev–Trinajstić information content (AvgIpc) is 2.54. The fourth-order valence-electron chi connectivity index (χ4n) is 1.47. The van der Waals surface area contributed by atoms with Crippen LogP contribution in [0.1, 0.15) is 6.42 Å². The topological polar surface area (TPSA) is 85.2 Å². The molecule has 0 aliphatic heterocycles. The summed E-state index contributed by atoms with van der Waals surface area (Å²) in [4.78, 5) is 0. The van der Waals surface area contributed by atoms with Crippen LogP contribution in [0.3, 0.4) is 0 Å². The quantitative estimate of drug-likeness (QED) is 0.558. The van der Waals surface area contributed by atoms with Crippen LogP contribution in [0.4, 0.5) is 0 Å². The Balaban J connectivity index is 2.56. The van der Waals surface area contributed by atoms with E-state index in [1.165, 1.54) is 14.2 Å². The van der Waals surface area contributed by atoms with E-state index in [4.69, 9.17) is 4.74 Å². The summed E-state index contributed by atoms with van der Waals surface area (Å²) in [6, 6.07) is 0. The van der Waals surface area contributed by atoms with Crippen molar-refractivity contribution in [1.29, 1.82) is 0 Å². The molecule has 0 fully saturated rings. The van der Waals surface area contributed by atoms with Crippen LogP contribution in [0.5, 0.6) is 0 Å². The molecule has 0 aromatic carbocycles. The van der Waals surface area contributed by atoms with E-state index in [-0.39, 0.29) is 23.7 Å². The summed E-state index contributed by atoms with van der Waals surface area (Å²) in [5.41, 5.74) is 0. The van der Waals surface area contributed by atoms with Gasteiger partial charge < -0.3 is 24.0 Å². The zero-order chi connectivity index (χ0) is 12.3. The molecule has 1 rings (SSSR count). The van der Waals surface area contributed by atoms with Crippen molar-refractivity contribution in [3.05, 3.63) is 11.5 Å². The van der Waals surface area contributed by atoms with Crippen molar-refractivity contribution in [3.8, 4) is 0 Å². The van der Waals surface area contributed by atoms with Gasteiger partial charge in [0.15, 0.2) is 5.76 Å². The van der Waals surface area contributed by atoms with Gasteiger partial charge in [-0.25, -0.2) is 0 Å². The first-order valence-electron chi connectivity index (χ1n) is 4.87. The van der Waals surface area contributed by atoms with Crippen LogP contribution in [0.15, 0.2) is 11.5 Å². The number of hydrogen-bond donors (Lipinski definition) is 2. The van der Waals surface area contributed by atoms with Crippen molar-refractivity contribution in [1.82, 2.24) is 0 Å². The number of ether oxygens (including phenoxy) is 1. The van der Waals surface area contributed by atoms with Gasteiger partial charge in [-0.2, -0.15) is 0 Å². The van der Waals surface area contributed by atoms with Crippen molar-refractivity contribution in [3.63, 3.8) is 0 Å². The number of aliphatic hydroxyl groups is 2. The third-order valence-corrected chi connectivity index (χ3v) is 4.17. The minimum absolute atomic E-state index is 0.0744. The van der Waals surface area contributed by atoms with Crippen LogP contribution < -0.4 is 0 Å². The van der Waals surface area contributed by atoms with Gasteiger partial charge in [-0.05, 0) is 12.2 Å². The third kappa shape index (κ3) is 2.80. The van der Waals surface area contributed by atoms with Crippen LogP contribution >= 0.6 is 7.60 Å². The van der Waals surface area contributed by atoms with Crippen LogP contribution in [-0.2, 0) is 18.3 Å². The molecule has 6 nitrogen and oxygen atoms in total. The smallest absolute Gasteiger partial charge is 0.355 e. The lowest BCUT2D eigenvalue weighted by atomic mass is 9.86. The molecule has 0 aromatic rings. The lowest BCUT2D eigenvalue weighted by Gasteiger charge is -2.17. The van der Waals surface area contributed by atoms with Crippen molar-refractivity contribution in [2.45, 2.75) is 18.3 Å². The molecule has 2 unspecified atom stereocenters. The van der Waals surface area contributed by atoms with Crippen LogP contribution in [-0.4, -0.2) is 44.7 Å². The molecule has 2 N–H and O–H groups in total. The number of rotatable bonds is 5. The first-order chi connectivity index (χ1) is 7.43. The van der Waals surface area contributed by atoms with Crippen molar-refractivity contribution >= 4 is 15.4 Å². The van der Waals surface area contributed by atoms with Crippen molar-refractivity contribution in [2.75, 3.05) is 20.6 Å². The van der Waals surface area contributed by atoms with Crippen LogP contribution in [0.2, 0.25) is 5.82 Å². The molecule has 16 heavy (non-hydrogen) atoms. The highest BCUT2D eigenvalue weighted by molar-refractivity contribution is 7.53. The summed E-state index contributed by atoms with van der Waals surface area (Å²) in [5.74, 6) is -0.435. The Morgan fingerprint density at radius 3 is 2.31 bits per heavy atom. The van der Waals surface area contributed by atoms with Gasteiger partial charge in [-0.3, -0.25) is 4.57 Å². The van der Waals surface area contributed by atoms with E-state index >= 15 is 0 Å². The van der Waals surface area contributed by atoms with E-state index in [2.05, 4.69) is 9.05 Å². The minimum atomic E-state index is -3.24. The molecule has 0 amide bonds. The molecular formula is C8H16BO6P. The molecule has 0 bridgehead atoms. The second-order valence-corrected chi connectivity index (χ2v) is 5.88. The molecule has 0 heterocycles. The van der Waals surface area contributed by atoms with E-state index < -0.39 is 13.7 Å². The fourth-order valence-corrected chi connectivity index (χ4v) is 2.19. The molecule has 0 saturated carbocycles. The number of allylic oxidation sites excluding steroid dienone is 1. The number of aliphatic hydroxyl groups excluding tert-OH is 2. The van der Waals surface area contributed by atoms with Crippen LogP contribution in [0.25, 0.3) is 0 Å². The molecule has 92 valence electrons. The third-order valence-electron chi connectivity index (χ3n) is 2.59. The van der Waals surface area contributed by atoms with Gasteiger partial charge >= 0.3 is 7.60 Å². The Bertz CT molecular complexity index is 322. The molecule has 1 aliphatic rings. The molecule has 2 atom stereocenters. The zero-order valence-electron chi connectivity index (χ0n) is 9.54. The average molecular weight is 250 g/mol. The maximum Gasteiger partial charge on any atom is 0.355 e. The summed E-state index contributed by atoms with van der Waals surface area (Å²) < 4.78 is 26.2. The van der Waals surface area contributed by atoms with E-state index in [0.29, 0.717) is 6.42 Å². The van der Waals surface area contributed by atoms with Crippen LogP contribution in [0, 0.1) is 0 Å². The molecule has 0 radical (unpaired) electrons. The van der Waals surface area contributed by atoms with E-state index in [1.807, 2.05) is 0 Å². The Kier molecular flexibility index (Phi) is 4.44. The maximum atomic E-state index is 11.6. The second kappa shape index (κ2) is 5.23. The van der Waals surface area contributed by atoms with E-state index in [0.717, 1.165) is 0 Å². The highest BCUT2D eigenvalue weighted by Gasteiger charge is 2.34. The van der Waals surface area contributed by atoms with Gasteiger partial charge in [0.05, 0.1) is 0 Å². The standard InChI is InChI=1S/C8H16BO6P/c1-13-16(12,14-2)4-15-6-3-5(9)7(10)8(6)11/h5-6,10-11H,3-4,9H2,1-2H3. The lowest BCUT2D eigenvalue weighted by molar-refractivity contribution is 0.0674. The minimum Gasteiger partial charge on any atom is -0.509 e. The van der Waals surface area contributed by atoms with Gasteiger partial charge in [0.25, 0.3) is 0 Å². The zero-order valence-corrected chi connectivity index (χ0v) is 10.4. The molecule has 1 aliphatic carbocycles. The van der Waals surface area contributed by atoms with Gasteiger partial charge in [0.1, 0.15) is 26.1 Å². The predicted octanol–water partition coefficient (Wildman–Crippen LogP) is 0.968. The van der Waals surface area contributed by atoms with E-state index in [9.17, 15) is 14.8 Å². The maximum absolute atomic E-state index is 11.6. The van der Waals surface area contributed by atoms with Gasteiger partial charge in [0.2, 0.25) is 0 Å². The Morgan fingerprint density at radius 1 is 1.38 bits per heavy atom. The van der Waals surface area contributed by atoms with Gasteiger partial charge in [0, 0.05) is 14.2 Å². The normalized spacial score (nSPS) is 26.4. The van der Waals surface area contributed by atoms with E-state index in [1.54, 1.807) is 7.85 Å². The Morgan fingerprint density at radius 2 is 1.94 bits per heavy atom. The Labute approximate surface area is 95.1 Å². The van der Waals surface area contributed by atoms with Gasteiger partial charge in [-0.1, -0.05) is 0 Å². The summed E-state index contributed by atoms with van der Waals surface area (Å²) in [6.07, 6.45) is -0.451. The molecule has 0 spiro atoms. The predicted molar refractivity (Wildman–Crippen MR) is 60.6 cm³/mol. The van der Waals surface area contributed by atoms with Crippen molar-refractivity contribution < 1.29 is 28.6 Å². The molecule has 0 aromatic heterocycles. The van der Waals surface area contributed by atoms with Gasteiger partial charge in [-0.15, -0.1) is 0 Å². The lowest BCUT2D eigenvalue weighted by Crippen LogP contribution is -2.14. The first kappa shape index (κ1) is 13.6. The monoisotopic (exact) mass is 250 g/mol. The summed E-state index contributed by atoms with van der Waals surface area (Å²) in [6.45, 7) is 0. The Hall–Kier alpha value is -0.485. The molecule has 0 saturated heterocycles. The first-order valence-corrected chi connectivity index (χ1v) is 6.60. The summed E-state index contributed by atoms with van der Waals surface area (Å²) in [5, 5.41) is 18.9. The molecule has 8 heteroatoms. The summed E-state index contributed by atoms with van der Waals surface area (Å²) in [7, 11) is 1.05. The largest absolute Gasteiger partial charge is 0.509 e. The molecular weight excluding hydrogens is 234 g/mol. The SMILES string of the molecule is BC1CC(OCP(=O)(OC)OC)C(O)=C1O. The van der Waals surface area contributed by atoms with Crippen molar-refractivity contribution in [2.24, 2.45) is 0 Å². The highest BCUT2D eigenvalue weighted by atomic mass is 31.2. The summed E-state index contributed by atoms with van der Waals surface area (Å²) >= 11 is 0. The fraction of sp³-hybridized carbons (Fsp3) is 0.750. The number of hydrogen-bond acceptors (Lipinski definition) is 6. The highest BCUT2D eigenvalue weighted by Crippen LogP contribution is 2.47. The second-order valence-electron chi connectivity index (χ2n) is 3.67.